The topological polar surface area (TPSA) is 21.8 Å². The molecule has 0 N–H and O–H groups in total. The first kappa shape index (κ1) is 27.0. The molecule has 1 unspecified atom stereocenters. The Labute approximate surface area is 267 Å². The van der Waals surface area contributed by atoms with Gasteiger partial charge >= 0.3 is 0 Å². The molecule has 2 heteroatoms. The Kier molecular flexibility index (Phi) is 5.59. The zero-order chi connectivity index (χ0) is 29.0. The van der Waals surface area contributed by atoms with Crippen LogP contribution in [0.3, 0.4) is 0 Å². The van der Waals surface area contributed by atoms with Gasteiger partial charge in [0.25, 0.3) is 0 Å². The minimum absolute atomic E-state index is 0.324. The fraction of sp³-hybridized carbons (Fsp3) is 0.857. The lowest BCUT2D eigenvalue weighted by molar-refractivity contribution is -0.0252. The van der Waals surface area contributed by atoms with E-state index in [1.807, 2.05) is 16.7 Å². The largest absolute Gasteiger partial charge is 0.490 e. The van der Waals surface area contributed by atoms with Gasteiger partial charge in [-0.25, -0.2) is 0 Å². The summed E-state index contributed by atoms with van der Waals surface area (Å²) in [5.74, 6) is 10.8. The van der Waals surface area contributed by atoms with Gasteiger partial charge in [0.2, 0.25) is 0 Å². The molecule has 0 aromatic heterocycles. The summed E-state index contributed by atoms with van der Waals surface area (Å²) < 4.78 is 13.1. The predicted molar refractivity (Wildman–Crippen MR) is 175 cm³/mol. The molecule has 13 aliphatic rings. The van der Waals surface area contributed by atoms with Crippen LogP contribution in [0.4, 0.5) is 0 Å². The average Bonchev–Trinajstić information content (AvgIpc) is 3.78. The van der Waals surface area contributed by atoms with E-state index in [2.05, 4.69) is 19.9 Å². The summed E-state index contributed by atoms with van der Waals surface area (Å²) in [5.41, 5.74) is 8.66. The smallest absolute Gasteiger partial charge is 0.126 e. The van der Waals surface area contributed by atoms with Crippen LogP contribution in [0.1, 0.15) is 158 Å². The molecule has 12 saturated carbocycles. The molecule has 1 aliphatic heterocycles. The van der Waals surface area contributed by atoms with Crippen LogP contribution in [0.5, 0.6) is 5.75 Å². The van der Waals surface area contributed by atoms with Crippen molar-refractivity contribution in [2.75, 3.05) is 13.2 Å². The van der Waals surface area contributed by atoms with Gasteiger partial charge in [0.1, 0.15) is 18.5 Å². The summed E-state index contributed by atoms with van der Waals surface area (Å²) in [6.07, 6.45) is 27.6. The molecule has 1 saturated heterocycles. The summed E-state index contributed by atoms with van der Waals surface area (Å²) >= 11 is 0. The highest BCUT2D eigenvalue weighted by molar-refractivity contribution is 5.61. The standard InChI is InChI=1S/C42H58O2/c1-24(2)35-12-36(40-13-25-3-26(14-40)5-27(4-25)15-40)37(41-16-28-6-29(17-41)8-30(7-28)18-41)38(39(35)44-23-34-22-43-34)42-19-31-9-32(20-42)11-33(10-31)21-42/h12,24-34H,3-11,13-23H2,1-2H3. The molecule has 14 rings (SSSR count). The average molecular weight is 595 g/mol. The summed E-state index contributed by atoms with van der Waals surface area (Å²) in [6.45, 7) is 6.66. The second kappa shape index (κ2) is 9.11. The van der Waals surface area contributed by atoms with Crippen LogP contribution in [0.25, 0.3) is 0 Å². The summed E-state index contributed by atoms with van der Waals surface area (Å²) in [6, 6.07) is 2.89. The fourth-order valence-corrected chi connectivity index (χ4v) is 16.4. The number of epoxide rings is 1. The van der Waals surface area contributed by atoms with Crippen molar-refractivity contribution in [1.82, 2.24) is 0 Å². The minimum atomic E-state index is 0.324. The van der Waals surface area contributed by atoms with Crippen LogP contribution in [0, 0.1) is 53.3 Å². The molecule has 1 aromatic carbocycles. The Morgan fingerprint density at radius 3 is 1.32 bits per heavy atom. The molecule has 44 heavy (non-hydrogen) atoms. The maximum atomic E-state index is 7.30. The lowest BCUT2D eigenvalue weighted by Gasteiger charge is -2.63. The Bertz CT molecular complexity index is 1260. The van der Waals surface area contributed by atoms with E-state index >= 15 is 0 Å². The number of hydrogen-bond donors (Lipinski definition) is 0. The van der Waals surface area contributed by atoms with Gasteiger partial charge in [-0.05, 0) is 202 Å². The van der Waals surface area contributed by atoms with E-state index in [0.29, 0.717) is 28.3 Å². The first-order valence-corrected chi connectivity index (χ1v) is 19.8. The molecule has 12 bridgehead atoms. The summed E-state index contributed by atoms with van der Waals surface area (Å²) in [5, 5.41) is 0. The van der Waals surface area contributed by atoms with Crippen molar-refractivity contribution in [3.8, 4) is 5.75 Å². The van der Waals surface area contributed by atoms with Gasteiger partial charge in [-0.2, -0.15) is 0 Å². The maximum absolute atomic E-state index is 7.30. The van der Waals surface area contributed by atoms with Crippen molar-refractivity contribution < 1.29 is 9.47 Å². The van der Waals surface area contributed by atoms with Gasteiger partial charge in [0.05, 0.1) is 6.61 Å². The van der Waals surface area contributed by atoms with Gasteiger partial charge in [0.15, 0.2) is 0 Å². The molecule has 0 amide bonds. The highest BCUT2D eigenvalue weighted by Gasteiger charge is 2.61. The zero-order valence-corrected chi connectivity index (χ0v) is 27.9. The van der Waals surface area contributed by atoms with E-state index in [-0.39, 0.29) is 0 Å². The lowest BCUT2D eigenvalue weighted by atomic mass is 9.41. The van der Waals surface area contributed by atoms with E-state index in [1.54, 1.807) is 44.1 Å². The highest BCUT2D eigenvalue weighted by Crippen LogP contribution is 2.70. The van der Waals surface area contributed by atoms with Crippen LogP contribution in [-0.4, -0.2) is 19.3 Å². The van der Waals surface area contributed by atoms with Crippen molar-refractivity contribution in [3.63, 3.8) is 0 Å². The first-order valence-electron chi connectivity index (χ1n) is 19.8. The Morgan fingerprint density at radius 1 is 0.591 bits per heavy atom. The van der Waals surface area contributed by atoms with Crippen LogP contribution in [0.15, 0.2) is 6.07 Å². The van der Waals surface area contributed by atoms with Crippen molar-refractivity contribution >= 4 is 0 Å². The number of benzene rings is 1. The first-order chi connectivity index (χ1) is 21.3. The van der Waals surface area contributed by atoms with Crippen molar-refractivity contribution in [3.05, 3.63) is 28.3 Å². The zero-order valence-electron chi connectivity index (χ0n) is 27.9. The molecule has 0 radical (unpaired) electrons. The normalized spacial score (nSPS) is 52.0. The van der Waals surface area contributed by atoms with E-state index in [1.165, 1.54) is 82.8 Å². The van der Waals surface area contributed by atoms with Gasteiger partial charge in [-0.15, -0.1) is 0 Å². The van der Waals surface area contributed by atoms with Gasteiger partial charge in [-0.1, -0.05) is 19.9 Å². The molecule has 2 nitrogen and oxygen atoms in total. The Hall–Kier alpha value is -1.02. The number of hydrogen-bond acceptors (Lipinski definition) is 2. The van der Waals surface area contributed by atoms with E-state index < -0.39 is 0 Å². The van der Waals surface area contributed by atoms with Gasteiger partial charge in [0, 0.05) is 11.0 Å². The third-order valence-corrected chi connectivity index (χ3v) is 16.5. The fourth-order valence-electron chi connectivity index (χ4n) is 16.4. The second-order valence-corrected chi connectivity index (χ2v) is 20.1. The summed E-state index contributed by atoms with van der Waals surface area (Å²) in [7, 11) is 0. The van der Waals surface area contributed by atoms with E-state index in [4.69, 9.17) is 9.47 Å². The van der Waals surface area contributed by atoms with Crippen LogP contribution in [-0.2, 0) is 21.0 Å². The predicted octanol–water partition coefficient (Wildman–Crippen LogP) is 9.99. The van der Waals surface area contributed by atoms with Crippen molar-refractivity contribution in [2.45, 2.75) is 158 Å². The molecule has 1 aromatic rings. The Balaban J connectivity index is 1.20. The van der Waals surface area contributed by atoms with E-state index in [9.17, 15) is 0 Å². The highest BCUT2D eigenvalue weighted by atomic mass is 16.6. The second-order valence-electron chi connectivity index (χ2n) is 20.1. The number of rotatable bonds is 7. The van der Waals surface area contributed by atoms with E-state index in [0.717, 1.165) is 66.5 Å². The van der Waals surface area contributed by atoms with Crippen LogP contribution in [0.2, 0.25) is 0 Å². The monoisotopic (exact) mass is 594 g/mol. The molecule has 238 valence electrons. The van der Waals surface area contributed by atoms with Crippen LogP contribution < -0.4 is 4.74 Å². The molecule has 12 aliphatic carbocycles. The molecular formula is C42H58O2. The maximum Gasteiger partial charge on any atom is 0.126 e. The number of ether oxygens (including phenoxy) is 2. The quantitative estimate of drug-likeness (QED) is 0.293. The molecule has 1 heterocycles. The lowest BCUT2D eigenvalue weighted by Crippen LogP contribution is -2.55. The Morgan fingerprint density at radius 2 is 0.955 bits per heavy atom. The van der Waals surface area contributed by atoms with Gasteiger partial charge in [-0.3, -0.25) is 0 Å². The molecule has 13 fully saturated rings. The minimum Gasteiger partial charge on any atom is -0.490 e. The van der Waals surface area contributed by atoms with Crippen LogP contribution >= 0.6 is 0 Å². The molecule has 0 spiro atoms. The third-order valence-electron chi connectivity index (χ3n) is 16.5. The SMILES string of the molecule is CC(C)c1cc(C23CC4CC(CC(C4)C2)C3)c(C23CC4CC(CC(C4)C2)C3)c(C23CC4CC(CC(C4)C2)C3)c1OCC1CO1. The molecule has 1 atom stereocenters. The molecular weight excluding hydrogens is 536 g/mol. The third kappa shape index (κ3) is 3.88. The van der Waals surface area contributed by atoms with Gasteiger partial charge < -0.3 is 9.47 Å². The van der Waals surface area contributed by atoms with Crippen molar-refractivity contribution in [2.24, 2.45) is 53.3 Å². The summed E-state index contributed by atoms with van der Waals surface area (Å²) in [4.78, 5) is 0. The van der Waals surface area contributed by atoms with Crippen molar-refractivity contribution in [1.29, 1.82) is 0 Å².